The van der Waals surface area contributed by atoms with E-state index in [0.717, 1.165) is 49.2 Å². The van der Waals surface area contributed by atoms with Gasteiger partial charge in [0, 0.05) is 31.6 Å². The monoisotopic (exact) mass is 399 g/mol. The van der Waals surface area contributed by atoms with Crippen LogP contribution in [0.15, 0.2) is 28.8 Å². The molecule has 7 nitrogen and oxygen atoms in total. The summed E-state index contributed by atoms with van der Waals surface area (Å²) >= 11 is 0. The van der Waals surface area contributed by atoms with Crippen molar-refractivity contribution in [1.29, 1.82) is 0 Å². The van der Waals surface area contributed by atoms with Crippen molar-refractivity contribution in [2.24, 2.45) is 0 Å². The Kier molecular flexibility index (Phi) is 7.27. The number of ether oxygens (including phenoxy) is 1. The number of likely N-dealkylation sites (tertiary alicyclic amines) is 1. The Hall–Kier alpha value is -2.83. The van der Waals surface area contributed by atoms with Crippen LogP contribution in [-0.4, -0.2) is 41.5 Å². The largest absolute Gasteiger partial charge is 0.489 e. The number of aromatic nitrogens is 1. The molecule has 7 heteroatoms. The topological polar surface area (TPSA) is 84.7 Å². The van der Waals surface area contributed by atoms with Gasteiger partial charge in [-0.05, 0) is 57.4 Å². The van der Waals surface area contributed by atoms with Gasteiger partial charge in [-0.2, -0.15) is 0 Å². The Morgan fingerprint density at radius 1 is 1.21 bits per heavy atom. The SMILES string of the molecule is Cc1noc(C)c1COc1ccc(C(=O)NCCCN2CCCCCC2=O)cc1. The summed E-state index contributed by atoms with van der Waals surface area (Å²) in [5.74, 6) is 1.55. The average Bonchev–Trinajstić information content (AvgIpc) is 2.91. The van der Waals surface area contributed by atoms with Gasteiger partial charge in [-0.3, -0.25) is 9.59 Å². The predicted molar refractivity (Wildman–Crippen MR) is 109 cm³/mol. The minimum Gasteiger partial charge on any atom is -0.489 e. The third kappa shape index (κ3) is 5.82. The molecule has 0 radical (unpaired) electrons. The predicted octanol–water partition coefficient (Wildman–Crippen LogP) is 3.39. The Labute approximate surface area is 171 Å². The normalized spacial score (nSPS) is 14.6. The lowest BCUT2D eigenvalue weighted by atomic mass is 10.2. The van der Waals surface area contributed by atoms with Crippen LogP contribution >= 0.6 is 0 Å². The Morgan fingerprint density at radius 3 is 2.72 bits per heavy atom. The van der Waals surface area contributed by atoms with E-state index in [4.69, 9.17) is 9.26 Å². The van der Waals surface area contributed by atoms with E-state index in [-0.39, 0.29) is 11.8 Å². The zero-order valence-electron chi connectivity index (χ0n) is 17.2. The van der Waals surface area contributed by atoms with Crippen LogP contribution < -0.4 is 10.1 Å². The first-order valence-corrected chi connectivity index (χ1v) is 10.2. The molecular formula is C22H29N3O4. The standard InChI is InChI=1S/C22H29N3O4/c1-16-20(17(2)29-24-16)15-28-19-10-8-18(9-11-19)22(27)23-12-6-14-25-13-5-3-4-7-21(25)26/h8-11H,3-7,12-15H2,1-2H3,(H,23,27). The second-order valence-electron chi connectivity index (χ2n) is 7.42. The number of amides is 2. The van der Waals surface area contributed by atoms with E-state index >= 15 is 0 Å². The summed E-state index contributed by atoms with van der Waals surface area (Å²) in [6.45, 7) is 6.20. The molecule has 29 heavy (non-hydrogen) atoms. The lowest BCUT2D eigenvalue weighted by molar-refractivity contribution is -0.130. The number of rotatable bonds is 8. The zero-order valence-corrected chi connectivity index (χ0v) is 17.2. The van der Waals surface area contributed by atoms with E-state index in [1.54, 1.807) is 24.3 Å². The minimum absolute atomic E-state index is 0.121. The first kappa shape index (κ1) is 20.9. The molecule has 0 atom stereocenters. The van der Waals surface area contributed by atoms with Crippen molar-refractivity contribution in [3.63, 3.8) is 0 Å². The van der Waals surface area contributed by atoms with Gasteiger partial charge in [0.05, 0.1) is 11.3 Å². The number of carbonyl (C=O) groups excluding carboxylic acids is 2. The summed E-state index contributed by atoms with van der Waals surface area (Å²) in [4.78, 5) is 26.2. The highest BCUT2D eigenvalue weighted by Crippen LogP contribution is 2.18. The van der Waals surface area contributed by atoms with Crippen LogP contribution in [-0.2, 0) is 11.4 Å². The number of nitrogens with one attached hydrogen (secondary N) is 1. The molecular weight excluding hydrogens is 370 g/mol. The highest BCUT2D eigenvalue weighted by molar-refractivity contribution is 5.94. The molecule has 0 bridgehead atoms. The smallest absolute Gasteiger partial charge is 0.251 e. The fourth-order valence-electron chi connectivity index (χ4n) is 3.41. The summed E-state index contributed by atoms with van der Waals surface area (Å²) < 4.78 is 10.9. The second-order valence-corrected chi connectivity index (χ2v) is 7.42. The van der Waals surface area contributed by atoms with Gasteiger partial charge in [-0.15, -0.1) is 0 Å². The fraction of sp³-hybridized carbons (Fsp3) is 0.500. The molecule has 1 aliphatic heterocycles. The fourth-order valence-corrected chi connectivity index (χ4v) is 3.41. The van der Waals surface area contributed by atoms with Gasteiger partial charge in [0.15, 0.2) is 0 Å². The van der Waals surface area contributed by atoms with Crippen molar-refractivity contribution >= 4 is 11.8 Å². The molecule has 1 aromatic carbocycles. The number of hydrogen-bond acceptors (Lipinski definition) is 5. The molecule has 1 aliphatic rings. The first-order chi connectivity index (χ1) is 14.0. The zero-order chi connectivity index (χ0) is 20.6. The molecule has 1 fully saturated rings. The van der Waals surface area contributed by atoms with Crippen molar-refractivity contribution in [1.82, 2.24) is 15.4 Å². The second kappa shape index (κ2) is 10.1. The molecule has 1 aromatic heterocycles. The number of nitrogens with zero attached hydrogens (tertiary/aromatic N) is 2. The molecule has 0 unspecified atom stereocenters. The van der Waals surface area contributed by atoms with Gasteiger partial charge in [0.2, 0.25) is 5.91 Å². The number of benzene rings is 1. The van der Waals surface area contributed by atoms with E-state index in [1.165, 1.54) is 0 Å². The highest BCUT2D eigenvalue weighted by atomic mass is 16.5. The summed E-state index contributed by atoms with van der Waals surface area (Å²) in [6.07, 6.45) is 4.59. The van der Waals surface area contributed by atoms with E-state index in [0.29, 0.717) is 37.4 Å². The third-order valence-corrected chi connectivity index (χ3v) is 5.24. The molecule has 2 amide bonds. The van der Waals surface area contributed by atoms with Gasteiger partial charge in [-0.1, -0.05) is 11.6 Å². The van der Waals surface area contributed by atoms with Crippen molar-refractivity contribution in [2.75, 3.05) is 19.6 Å². The summed E-state index contributed by atoms with van der Waals surface area (Å²) in [7, 11) is 0. The highest BCUT2D eigenvalue weighted by Gasteiger charge is 2.16. The van der Waals surface area contributed by atoms with Crippen molar-refractivity contribution in [2.45, 2.75) is 52.6 Å². The van der Waals surface area contributed by atoms with Crippen LogP contribution in [0.1, 0.15) is 59.5 Å². The first-order valence-electron chi connectivity index (χ1n) is 10.2. The quantitative estimate of drug-likeness (QED) is 0.688. The van der Waals surface area contributed by atoms with Crippen LogP contribution in [0.2, 0.25) is 0 Å². The van der Waals surface area contributed by atoms with Crippen molar-refractivity contribution in [3.05, 3.63) is 46.8 Å². The van der Waals surface area contributed by atoms with E-state index in [1.807, 2.05) is 18.7 Å². The maximum atomic E-state index is 12.3. The van der Waals surface area contributed by atoms with Gasteiger partial charge < -0.3 is 19.5 Å². The van der Waals surface area contributed by atoms with Crippen molar-refractivity contribution < 1.29 is 18.8 Å². The Bertz CT molecular complexity index is 810. The van der Waals surface area contributed by atoms with E-state index in [2.05, 4.69) is 10.5 Å². The molecule has 0 aliphatic carbocycles. The molecule has 1 saturated heterocycles. The molecule has 1 N–H and O–H groups in total. The Balaban J connectivity index is 1.41. The van der Waals surface area contributed by atoms with Crippen LogP contribution in [0.3, 0.4) is 0 Å². The van der Waals surface area contributed by atoms with Crippen LogP contribution in [0.5, 0.6) is 5.75 Å². The summed E-state index contributed by atoms with van der Waals surface area (Å²) in [5.41, 5.74) is 2.34. The van der Waals surface area contributed by atoms with Crippen LogP contribution in [0.4, 0.5) is 0 Å². The summed E-state index contributed by atoms with van der Waals surface area (Å²) in [5, 5.41) is 6.83. The molecule has 2 heterocycles. The van der Waals surface area contributed by atoms with Crippen molar-refractivity contribution in [3.8, 4) is 5.75 Å². The van der Waals surface area contributed by atoms with Gasteiger partial charge in [0.25, 0.3) is 5.91 Å². The summed E-state index contributed by atoms with van der Waals surface area (Å²) in [6, 6.07) is 7.05. The molecule has 156 valence electrons. The third-order valence-electron chi connectivity index (χ3n) is 5.24. The maximum Gasteiger partial charge on any atom is 0.251 e. The molecule has 2 aromatic rings. The molecule has 3 rings (SSSR count). The van der Waals surface area contributed by atoms with Crippen LogP contribution in [0.25, 0.3) is 0 Å². The lowest BCUT2D eigenvalue weighted by Gasteiger charge is -2.20. The van der Waals surface area contributed by atoms with E-state index < -0.39 is 0 Å². The van der Waals surface area contributed by atoms with Gasteiger partial charge in [-0.25, -0.2) is 0 Å². The number of carbonyl (C=O) groups is 2. The van der Waals surface area contributed by atoms with Crippen LogP contribution in [0, 0.1) is 13.8 Å². The number of hydrogen-bond donors (Lipinski definition) is 1. The number of aryl methyl sites for hydroxylation is 2. The Morgan fingerprint density at radius 2 is 2.00 bits per heavy atom. The van der Waals surface area contributed by atoms with Gasteiger partial charge >= 0.3 is 0 Å². The maximum absolute atomic E-state index is 12.3. The average molecular weight is 399 g/mol. The minimum atomic E-state index is -0.121. The van der Waals surface area contributed by atoms with E-state index in [9.17, 15) is 9.59 Å². The van der Waals surface area contributed by atoms with Gasteiger partial charge in [0.1, 0.15) is 18.1 Å². The lowest BCUT2D eigenvalue weighted by Crippen LogP contribution is -2.34. The molecule has 0 saturated carbocycles. The molecule has 0 spiro atoms.